The van der Waals surface area contributed by atoms with Gasteiger partial charge in [-0.2, -0.15) is 5.26 Å². The molecule has 0 aliphatic carbocycles. The lowest BCUT2D eigenvalue weighted by molar-refractivity contribution is -0.112. The van der Waals surface area contributed by atoms with Crippen LogP contribution in [-0.4, -0.2) is 26.1 Å². The molecule has 5 nitrogen and oxygen atoms in total. The highest BCUT2D eigenvalue weighted by atomic mass is 16.5. The lowest BCUT2D eigenvalue weighted by atomic mass is 10.1. The fourth-order valence-corrected chi connectivity index (χ4v) is 2.93. The first-order valence-corrected chi connectivity index (χ1v) is 9.36. The van der Waals surface area contributed by atoms with E-state index in [4.69, 9.17) is 4.74 Å². The topological polar surface area (TPSA) is 65.4 Å². The number of carbonyl (C=O) groups is 1. The fraction of sp³-hybridized carbons (Fsp3) is 0.304. The van der Waals surface area contributed by atoms with Gasteiger partial charge in [-0.3, -0.25) is 4.79 Å². The molecule has 1 N–H and O–H groups in total. The standard InChI is InChI=1S/C23H27N3O2/c1-6-26(7-2)21-11-9-18(22(14-21)28-5)13-19(15-24)23(27)25-20-10-8-16(3)17(4)12-20/h8-14H,6-7H2,1-5H3,(H,25,27)/b19-13+. The molecule has 0 saturated carbocycles. The molecule has 2 aromatic rings. The molecule has 2 aromatic carbocycles. The van der Waals surface area contributed by atoms with E-state index in [-0.39, 0.29) is 5.57 Å². The van der Waals surface area contributed by atoms with Gasteiger partial charge in [0.05, 0.1) is 7.11 Å². The highest BCUT2D eigenvalue weighted by Crippen LogP contribution is 2.28. The number of hydrogen-bond acceptors (Lipinski definition) is 4. The first kappa shape index (κ1) is 21.0. The first-order chi connectivity index (χ1) is 13.4. The third kappa shape index (κ3) is 4.92. The molecule has 0 bridgehead atoms. The Kier molecular flexibility index (Phi) is 7.22. The summed E-state index contributed by atoms with van der Waals surface area (Å²) in [7, 11) is 1.58. The summed E-state index contributed by atoms with van der Waals surface area (Å²) < 4.78 is 5.49. The Bertz CT molecular complexity index is 922. The van der Waals surface area contributed by atoms with Crippen molar-refractivity contribution in [3.05, 3.63) is 58.7 Å². The van der Waals surface area contributed by atoms with E-state index in [2.05, 4.69) is 24.1 Å². The molecule has 5 heteroatoms. The normalized spacial score (nSPS) is 10.9. The van der Waals surface area contributed by atoms with E-state index in [1.54, 1.807) is 13.2 Å². The number of aryl methyl sites for hydroxylation is 2. The average Bonchev–Trinajstić information content (AvgIpc) is 2.70. The summed E-state index contributed by atoms with van der Waals surface area (Å²) in [6.45, 7) is 9.95. The molecule has 2 rings (SSSR count). The molecule has 1 amide bonds. The second-order valence-corrected chi connectivity index (χ2v) is 6.52. The minimum Gasteiger partial charge on any atom is -0.496 e. The summed E-state index contributed by atoms with van der Waals surface area (Å²) in [4.78, 5) is 14.8. The van der Waals surface area contributed by atoms with E-state index < -0.39 is 5.91 Å². The number of rotatable bonds is 7. The lowest BCUT2D eigenvalue weighted by Gasteiger charge is -2.22. The molecule has 28 heavy (non-hydrogen) atoms. The van der Waals surface area contributed by atoms with Gasteiger partial charge in [0.15, 0.2) is 0 Å². The van der Waals surface area contributed by atoms with Crippen LogP contribution in [0.15, 0.2) is 42.0 Å². The number of hydrogen-bond donors (Lipinski definition) is 1. The summed E-state index contributed by atoms with van der Waals surface area (Å²) in [6.07, 6.45) is 1.56. The molecule has 0 radical (unpaired) electrons. The quantitative estimate of drug-likeness (QED) is 0.561. The molecule has 0 atom stereocenters. The maximum atomic E-state index is 12.6. The molecule has 0 heterocycles. The van der Waals surface area contributed by atoms with Gasteiger partial charge in [0.1, 0.15) is 17.4 Å². The van der Waals surface area contributed by atoms with Gasteiger partial charge in [0, 0.05) is 36.1 Å². The number of nitrogens with one attached hydrogen (secondary N) is 1. The number of nitrogens with zero attached hydrogens (tertiary/aromatic N) is 2. The van der Waals surface area contributed by atoms with Crippen LogP contribution in [0.25, 0.3) is 6.08 Å². The second-order valence-electron chi connectivity index (χ2n) is 6.52. The lowest BCUT2D eigenvalue weighted by Crippen LogP contribution is -2.21. The molecule has 0 unspecified atom stereocenters. The van der Waals surface area contributed by atoms with E-state index in [9.17, 15) is 10.1 Å². The predicted octanol–water partition coefficient (Wildman–Crippen LogP) is 4.70. The smallest absolute Gasteiger partial charge is 0.266 e. The Balaban J connectivity index is 2.31. The van der Waals surface area contributed by atoms with Crippen molar-refractivity contribution in [2.45, 2.75) is 27.7 Å². The van der Waals surface area contributed by atoms with Crippen LogP contribution in [0.1, 0.15) is 30.5 Å². The predicted molar refractivity (Wildman–Crippen MR) is 115 cm³/mol. The summed E-state index contributed by atoms with van der Waals surface area (Å²) in [5.41, 5.74) is 4.63. The first-order valence-electron chi connectivity index (χ1n) is 9.36. The van der Waals surface area contributed by atoms with Crippen LogP contribution in [0, 0.1) is 25.2 Å². The molecule has 0 aliphatic rings. The van der Waals surface area contributed by atoms with Crippen molar-refractivity contribution in [3.63, 3.8) is 0 Å². The zero-order valence-electron chi connectivity index (χ0n) is 17.2. The highest BCUT2D eigenvalue weighted by molar-refractivity contribution is 6.09. The largest absolute Gasteiger partial charge is 0.496 e. The van der Waals surface area contributed by atoms with Crippen molar-refractivity contribution in [2.75, 3.05) is 30.4 Å². The number of carbonyl (C=O) groups excluding carboxylic acids is 1. The number of nitriles is 1. The minimum absolute atomic E-state index is 0.0205. The summed E-state index contributed by atoms with van der Waals surface area (Å²) >= 11 is 0. The van der Waals surface area contributed by atoms with Gasteiger partial charge >= 0.3 is 0 Å². The van der Waals surface area contributed by atoms with Crippen molar-refractivity contribution < 1.29 is 9.53 Å². The van der Waals surface area contributed by atoms with E-state index >= 15 is 0 Å². The van der Waals surface area contributed by atoms with Gasteiger partial charge in [0.2, 0.25) is 0 Å². The van der Waals surface area contributed by atoms with Gasteiger partial charge in [-0.1, -0.05) is 6.07 Å². The van der Waals surface area contributed by atoms with Gasteiger partial charge in [-0.05, 0) is 69.2 Å². The van der Waals surface area contributed by atoms with Crippen LogP contribution in [0.5, 0.6) is 5.75 Å². The minimum atomic E-state index is -0.444. The van der Waals surface area contributed by atoms with Crippen molar-refractivity contribution >= 4 is 23.4 Å². The van der Waals surface area contributed by atoms with Crippen LogP contribution < -0.4 is 15.0 Å². The summed E-state index contributed by atoms with van der Waals surface area (Å²) in [6, 6.07) is 13.4. The van der Waals surface area contributed by atoms with Gasteiger partial charge in [0.25, 0.3) is 5.91 Å². The second kappa shape index (κ2) is 9.61. The molecular weight excluding hydrogens is 350 g/mol. The van der Waals surface area contributed by atoms with Gasteiger partial charge in [-0.15, -0.1) is 0 Å². The molecule has 0 spiro atoms. The van der Waals surface area contributed by atoms with E-state index in [0.717, 1.165) is 29.9 Å². The van der Waals surface area contributed by atoms with Crippen LogP contribution in [-0.2, 0) is 4.79 Å². The number of benzene rings is 2. The average molecular weight is 377 g/mol. The SMILES string of the molecule is CCN(CC)c1ccc(/C=C(\C#N)C(=O)Nc2ccc(C)c(C)c2)c(OC)c1. The van der Waals surface area contributed by atoms with Crippen LogP contribution >= 0.6 is 0 Å². The van der Waals surface area contributed by atoms with Crippen LogP contribution in [0.2, 0.25) is 0 Å². The third-order valence-electron chi connectivity index (χ3n) is 4.78. The number of anilines is 2. The Hall–Kier alpha value is -3.26. The Morgan fingerprint density at radius 3 is 2.43 bits per heavy atom. The Morgan fingerprint density at radius 1 is 1.14 bits per heavy atom. The molecular formula is C23H27N3O2. The van der Waals surface area contributed by atoms with Crippen LogP contribution in [0.3, 0.4) is 0 Å². The zero-order valence-corrected chi connectivity index (χ0v) is 17.2. The van der Waals surface area contributed by atoms with Crippen LogP contribution in [0.4, 0.5) is 11.4 Å². The maximum absolute atomic E-state index is 12.6. The Labute approximate surface area is 167 Å². The number of amides is 1. The van der Waals surface area contributed by atoms with E-state index in [1.165, 1.54) is 0 Å². The van der Waals surface area contributed by atoms with Gasteiger partial charge < -0.3 is 15.0 Å². The van der Waals surface area contributed by atoms with E-state index in [1.807, 2.05) is 56.3 Å². The molecule has 146 valence electrons. The highest BCUT2D eigenvalue weighted by Gasteiger charge is 2.13. The van der Waals surface area contributed by atoms with Gasteiger partial charge in [-0.25, -0.2) is 0 Å². The monoisotopic (exact) mass is 377 g/mol. The summed E-state index contributed by atoms with van der Waals surface area (Å²) in [5.74, 6) is 0.178. The molecule has 0 fully saturated rings. The van der Waals surface area contributed by atoms with Crippen molar-refractivity contribution in [1.29, 1.82) is 5.26 Å². The third-order valence-corrected chi connectivity index (χ3v) is 4.78. The van der Waals surface area contributed by atoms with Crippen molar-refractivity contribution in [1.82, 2.24) is 0 Å². The van der Waals surface area contributed by atoms with Crippen molar-refractivity contribution in [2.24, 2.45) is 0 Å². The number of ether oxygens (including phenoxy) is 1. The fourth-order valence-electron chi connectivity index (χ4n) is 2.93. The maximum Gasteiger partial charge on any atom is 0.266 e. The molecule has 0 aliphatic heterocycles. The number of methoxy groups -OCH3 is 1. The zero-order chi connectivity index (χ0) is 20.7. The van der Waals surface area contributed by atoms with Crippen molar-refractivity contribution in [3.8, 4) is 11.8 Å². The molecule has 0 aromatic heterocycles. The molecule has 0 saturated heterocycles. The Morgan fingerprint density at radius 2 is 1.86 bits per heavy atom. The van der Waals surface area contributed by atoms with E-state index in [0.29, 0.717) is 17.0 Å². The summed E-state index contributed by atoms with van der Waals surface area (Å²) in [5, 5.41) is 12.3.